The van der Waals surface area contributed by atoms with E-state index in [1.807, 2.05) is 24.3 Å². The van der Waals surface area contributed by atoms with E-state index in [4.69, 9.17) is 4.74 Å². The Kier molecular flexibility index (Phi) is 3.53. The largest absolute Gasteiger partial charge is 0.490 e. The molecule has 0 spiro atoms. The molecule has 0 heterocycles. The molecule has 0 amide bonds. The zero-order valence-electron chi connectivity index (χ0n) is 11.8. The van der Waals surface area contributed by atoms with Gasteiger partial charge in [0, 0.05) is 0 Å². The summed E-state index contributed by atoms with van der Waals surface area (Å²) in [5.41, 5.74) is 1.09. The number of aliphatic hydroxyl groups is 1. The summed E-state index contributed by atoms with van der Waals surface area (Å²) in [7, 11) is 0. The molecular formula is C17H24O2. The molecule has 1 atom stereocenters. The van der Waals surface area contributed by atoms with Crippen LogP contribution in [0.1, 0.15) is 63.5 Å². The topological polar surface area (TPSA) is 29.5 Å². The monoisotopic (exact) mass is 260 g/mol. The first kappa shape index (κ1) is 13.0. The first-order valence-electron chi connectivity index (χ1n) is 7.62. The summed E-state index contributed by atoms with van der Waals surface area (Å²) in [6.45, 7) is 2.23. The van der Waals surface area contributed by atoms with Crippen molar-refractivity contribution >= 4 is 0 Å². The molecule has 2 aliphatic carbocycles. The highest BCUT2D eigenvalue weighted by Crippen LogP contribution is 2.45. The van der Waals surface area contributed by atoms with Crippen LogP contribution in [0.3, 0.4) is 0 Å². The number of ether oxygens (including phenoxy) is 1. The number of aliphatic hydroxyl groups excluding tert-OH is 1. The van der Waals surface area contributed by atoms with Crippen molar-refractivity contribution in [3.05, 3.63) is 29.8 Å². The van der Waals surface area contributed by atoms with E-state index in [1.54, 1.807) is 0 Å². The third-order valence-electron chi connectivity index (χ3n) is 4.68. The van der Waals surface area contributed by atoms with Gasteiger partial charge < -0.3 is 9.84 Å². The maximum absolute atomic E-state index is 10.6. The fraction of sp³-hybridized carbons (Fsp3) is 0.647. The lowest BCUT2D eigenvalue weighted by atomic mass is 9.70. The molecule has 1 N–H and O–H groups in total. The average molecular weight is 260 g/mol. The lowest BCUT2D eigenvalue weighted by Gasteiger charge is -2.38. The van der Waals surface area contributed by atoms with Crippen molar-refractivity contribution in [3.8, 4) is 5.75 Å². The molecule has 2 fully saturated rings. The van der Waals surface area contributed by atoms with Gasteiger partial charge in [-0.15, -0.1) is 0 Å². The van der Waals surface area contributed by atoms with Gasteiger partial charge in [-0.3, -0.25) is 0 Å². The van der Waals surface area contributed by atoms with Crippen molar-refractivity contribution in [2.24, 2.45) is 5.41 Å². The van der Waals surface area contributed by atoms with Crippen LogP contribution < -0.4 is 4.74 Å². The molecule has 2 saturated carbocycles. The predicted octanol–water partition coefficient (Wildman–Crippen LogP) is 4.23. The Bertz CT molecular complexity index is 413. The first-order chi connectivity index (χ1) is 9.17. The van der Waals surface area contributed by atoms with Crippen molar-refractivity contribution in [1.82, 2.24) is 0 Å². The second-order valence-electron chi connectivity index (χ2n) is 6.50. The summed E-state index contributed by atoms with van der Waals surface area (Å²) in [4.78, 5) is 0. The zero-order chi connectivity index (χ0) is 13.3. The van der Waals surface area contributed by atoms with Crippen molar-refractivity contribution in [2.75, 3.05) is 0 Å². The first-order valence-corrected chi connectivity index (χ1v) is 7.62. The molecule has 2 heteroatoms. The van der Waals surface area contributed by atoms with Crippen molar-refractivity contribution in [1.29, 1.82) is 0 Å². The van der Waals surface area contributed by atoms with Crippen LogP contribution in [0.2, 0.25) is 0 Å². The molecule has 0 aromatic heterocycles. The second kappa shape index (κ2) is 5.16. The van der Waals surface area contributed by atoms with Crippen molar-refractivity contribution in [2.45, 2.75) is 64.1 Å². The van der Waals surface area contributed by atoms with Crippen LogP contribution in [0.25, 0.3) is 0 Å². The summed E-state index contributed by atoms with van der Waals surface area (Å²) < 4.78 is 5.75. The number of benzene rings is 1. The molecule has 1 aromatic rings. The quantitative estimate of drug-likeness (QED) is 0.877. The smallest absolute Gasteiger partial charge is 0.119 e. The van der Waals surface area contributed by atoms with Gasteiger partial charge in [-0.25, -0.2) is 0 Å². The van der Waals surface area contributed by atoms with Gasteiger partial charge in [0.2, 0.25) is 0 Å². The van der Waals surface area contributed by atoms with Crippen LogP contribution >= 0.6 is 0 Å². The van der Waals surface area contributed by atoms with E-state index >= 15 is 0 Å². The Morgan fingerprint density at radius 3 is 2.32 bits per heavy atom. The lowest BCUT2D eigenvalue weighted by Crippen LogP contribution is -2.28. The molecule has 0 aliphatic heterocycles. The molecule has 0 bridgehead atoms. The van der Waals surface area contributed by atoms with Crippen LogP contribution in [-0.4, -0.2) is 11.2 Å². The van der Waals surface area contributed by atoms with Gasteiger partial charge in [0.15, 0.2) is 0 Å². The molecule has 1 unspecified atom stereocenters. The van der Waals surface area contributed by atoms with Crippen LogP contribution in [0.4, 0.5) is 0 Å². The Balaban J connectivity index is 1.69. The van der Waals surface area contributed by atoms with Crippen molar-refractivity contribution < 1.29 is 9.84 Å². The van der Waals surface area contributed by atoms with Crippen LogP contribution in [0.15, 0.2) is 24.3 Å². The summed E-state index contributed by atoms with van der Waals surface area (Å²) in [5.74, 6) is 0.937. The Hall–Kier alpha value is -1.02. The van der Waals surface area contributed by atoms with Gasteiger partial charge in [0.1, 0.15) is 5.75 Å². The van der Waals surface area contributed by atoms with Crippen LogP contribution in [0.5, 0.6) is 5.75 Å². The summed E-state index contributed by atoms with van der Waals surface area (Å²) in [6, 6.07) is 8.07. The van der Waals surface area contributed by atoms with E-state index in [9.17, 15) is 5.11 Å². The fourth-order valence-electron chi connectivity index (χ4n) is 3.14. The van der Waals surface area contributed by atoms with Crippen LogP contribution in [-0.2, 0) is 0 Å². The van der Waals surface area contributed by atoms with E-state index in [1.165, 1.54) is 32.1 Å². The van der Waals surface area contributed by atoms with E-state index in [-0.39, 0.29) is 11.5 Å². The third-order valence-corrected chi connectivity index (χ3v) is 4.68. The molecule has 104 valence electrons. The number of hydrogen-bond donors (Lipinski definition) is 1. The normalized spacial score (nSPS) is 23.9. The second-order valence-corrected chi connectivity index (χ2v) is 6.50. The minimum atomic E-state index is -0.345. The average Bonchev–Trinajstić information content (AvgIpc) is 3.24. The standard InChI is InChI=1S/C17H24O2/c1-17(11-3-2-4-12-17)16(18)13-5-7-14(8-6-13)19-15-9-10-15/h5-8,15-16,18H,2-4,9-12H2,1H3. The fourth-order valence-corrected chi connectivity index (χ4v) is 3.14. The van der Waals surface area contributed by atoms with E-state index in [0.717, 1.165) is 24.2 Å². The van der Waals surface area contributed by atoms with Crippen LogP contribution in [0, 0.1) is 5.41 Å². The van der Waals surface area contributed by atoms with E-state index in [2.05, 4.69) is 6.92 Å². The highest BCUT2D eigenvalue weighted by Gasteiger charge is 2.35. The molecule has 0 radical (unpaired) electrons. The molecule has 2 aliphatic rings. The summed E-state index contributed by atoms with van der Waals surface area (Å²) >= 11 is 0. The van der Waals surface area contributed by atoms with Gasteiger partial charge in [-0.1, -0.05) is 38.3 Å². The highest BCUT2D eigenvalue weighted by molar-refractivity contribution is 5.30. The summed E-state index contributed by atoms with van der Waals surface area (Å²) in [5, 5.41) is 10.6. The molecule has 19 heavy (non-hydrogen) atoms. The Labute approximate surface area is 115 Å². The number of hydrogen-bond acceptors (Lipinski definition) is 2. The zero-order valence-corrected chi connectivity index (χ0v) is 11.8. The Morgan fingerprint density at radius 1 is 1.11 bits per heavy atom. The molecule has 3 rings (SSSR count). The van der Waals surface area contributed by atoms with Gasteiger partial charge in [0.05, 0.1) is 12.2 Å². The Morgan fingerprint density at radius 2 is 1.74 bits per heavy atom. The van der Waals surface area contributed by atoms with Gasteiger partial charge in [-0.05, 0) is 48.8 Å². The van der Waals surface area contributed by atoms with Crippen molar-refractivity contribution in [3.63, 3.8) is 0 Å². The lowest BCUT2D eigenvalue weighted by molar-refractivity contribution is 0.00816. The van der Waals surface area contributed by atoms with E-state index < -0.39 is 0 Å². The van der Waals surface area contributed by atoms with Gasteiger partial charge in [0.25, 0.3) is 0 Å². The van der Waals surface area contributed by atoms with Gasteiger partial charge in [-0.2, -0.15) is 0 Å². The maximum atomic E-state index is 10.6. The van der Waals surface area contributed by atoms with E-state index in [0.29, 0.717) is 6.10 Å². The molecular weight excluding hydrogens is 236 g/mol. The molecule has 0 saturated heterocycles. The summed E-state index contributed by atoms with van der Waals surface area (Å²) in [6.07, 6.45) is 8.53. The minimum absolute atomic E-state index is 0.0527. The third kappa shape index (κ3) is 2.94. The SMILES string of the molecule is CC1(C(O)c2ccc(OC3CC3)cc2)CCCCC1. The van der Waals surface area contributed by atoms with Gasteiger partial charge >= 0.3 is 0 Å². The minimum Gasteiger partial charge on any atom is -0.490 e. The highest BCUT2D eigenvalue weighted by atomic mass is 16.5. The molecule has 1 aromatic carbocycles. The maximum Gasteiger partial charge on any atom is 0.119 e. The molecule has 2 nitrogen and oxygen atoms in total. The predicted molar refractivity (Wildman–Crippen MR) is 76.2 cm³/mol. The number of rotatable bonds is 4.